The second-order valence-corrected chi connectivity index (χ2v) is 9.64. The second-order valence-electron chi connectivity index (χ2n) is 9.64. The first-order valence-electron chi connectivity index (χ1n) is 10.7. The summed E-state index contributed by atoms with van der Waals surface area (Å²) in [5.74, 6) is -0.389. The van der Waals surface area contributed by atoms with Gasteiger partial charge in [0.25, 0.3) is 0 Å². The predicted octanol–water partition coefficient (Wildman–Crippen LogP) is 5.40. The van der Waals surface area contributed by atoms with Gasteiger partial charge in [0.05, 0.1) is 5.56 Å². The number of piperidine rings is 1. The summed E-state index contributed by atoms with van der Waals surface area (Å²) in [6.45, 7) is 12.9. The van der Waals surface area contributed by atoms with Crippen molar-refractivity contribution in [1.29, 1.82) is 0 Å². The topological polar surface area (TPSA) is 76.1 Å². The maximum Gasteiger partial charge on any atom is 0.338 e. The molecule has 0 aromatic heterocycles. The lowest BCUT2D eigenvalue weighted by molar-refractivity contribution is -0.256. The van der Waals surface area contributed by atoms with Crippen LogP contribution in [0.2, 0.25) is 0 Å². The van der Waals surface area contributed by atoms with Crippen molar-refractivity contribution >= 4 is 11.9 Å². The number of hydrogen-bond donors (Lipinski definition) is 1. The van der Waals surface area contributed by atoms with E-state index in [2.05, 4.69) is 6.58 Å². The van der Waals surface area contributed by atoms with Crippen LogP contribution >= 0.6 is 0 Å². The van der Waals surface area contributed by atoms with E-state index in [-0.39, 0.29) is 12.1 Å². The van der Waals surface area contributed by atoms with Crippen LogP contribution in [0.25, 0.3) is 11.1 Å². The zero-order valence-electron chi connectivity index (χ0n) is 19.3. The van der Waals surface area contributed by atoms with E-state index < -0.39 is 17.0 Å². The molecule has 1 heterocycles. The van der Waals surface area contributed by atoms with E-state index in [1.165, 1.54) is 5.06 Å². The molecule has 1 fully saturated rings. The second kappa shape index (κ2) is 8.88. The van der Waals surface area contributed by atoms with Crippen molar-refractivity contribution in [3.63, 3.8) is 0 Å². The van der Waals surface area contributed by atoms with Gasteiger partial charge in [0.15, 0.2) is 0 Å². The van der Waals surface area contributed by atoms with Gasteiger partial charge in [0, 0.05) is 29.5 Å². The lowest BCUT2D eigenvalue weighted by Crippen LogP contribution is -2.60. The first-order chi connectivity index (χ1) is 14.9. The highest BCUT2D eigenvalue weighted by atomic mass is 16.5. The summed E-state index contributed by atoms with van der Waals surface area (Å²) in [7, 11) is 0. The SMILES string of the molecule is C=C(C)C(=O)Oc1ccc(-c2ccc(C(=O)OC3CC(C)(C)N(O)C(C)(C)C3)cc2)cc1. The molecule has 0 bridgehead atoms. The summed E-state index contributed by atoms with van der Waals surface area (Å²) in [6.07, 6.45) is 0.836. The third kappa shape index (κ3) is 5.26. The van der Waals surface area contributed by atoms with Crippen molar-refractivity contribution < 1.29 is 24.3 Å². The molecule has 2 aromatic rings. The zero-order valence-corrected chi connectivity index (χ0v) is 19.3. The van der Waals surface area contributed by atoms with Gasteiger partial charge in [0.1, 0.15) is 11.9 Å². The minimum atomic E-state index is -0.485. The normalized spacial score (nSPS) is 18.1. The van der Waals surface area contributed by atoms with E-state index >= 15 is 0 Å². The van der Waals surface area contributed by atoms with Crippen LogP contribution in [0.15, 0.2) is 60.7 Å². The van der Waals surface area contributed by atoms with E-state index in [4.69, 9.17) is 9.47 Å². The lowest BCUT2D eigenvalue weighted by Gasteiger charge is -2.50. The van der Waals surface area contributed by atoms with Gasteiger partial charge < -0.3 is 14.7 Å². The van der Waals surface area contributed by atoms with E-state index in [0.29, 0.717) is 29.7 Å². The molecule has 6 nitrogen and oxygen atoms in total. The molecule has 0 unspecified atom stereocenters. The average Bonchev–Trinajstić information content (AvgIpc) is 2.72. The van der Waals surface area contributed by atoms with Gasteiger partial charge in [-0.1, -0.05) is 30.8 Å². The lowest BCUT2D eigenvalue weighted by atomic mass is 9.80. The van der Waals surface area contributed by atoms with E-state index in [0.717, 1.165) is 11.1 Å². The van der Waals surface area contributed by atoms with E-state index in [1.807, 2.05) is 52.0 Å². The first kappa shape index (κ1) is 23.7. The van der Waals surface area contributed by atoms with Crippen LogP contribution in [0.4, 0.5) is 0 Å². The molecule has 32 heavy (non-hydrogen) atoms. The summed E-state index contributed by atoms with van der Waals surface area (Å²) < 4.78 is 11.0. The highest BCUT2D eigenvalue weighted by Gasteiger charge is 2.46. The molecule has 1 aliphatic heterocycles. The van der Waals surface area contributed by atoms with Gasteiger partial charge >= 0.3 is 11.9 Å². The number of benzene rings is 2. The standard InChI is InChI=1S/C26H31NO5/c1-17(2)23(28)31-21-13-11-19(12-14-21)18-7-9-20(10-8-18)24(29)32-22-15-25(3,4)27(30)26(5,6)16-22/h7-14,22,30H,1,15-16H2,2-6H3. The third-order valence-electron chi connectivity index (χ3n) is 5.74. The van der Waals surface area contributed by atoms with Crippen LogP contribution in [-0.2, 0) is 9.53 Å². The van der Waals surface area contributed by atoms with E-state index in [9.17, 15) is 14.8 Å². The molecule has 1 N–H and O–H groups in total. The van der Waals surface area contributed by atoms with Crippen molar-refractivity contribution in [3.8, 4) is 16.9 Å². The molecule has 1 saturated heterocycles. The first-order valence-corrected chi connectivity index (χ1v) is 10.7. The van der Waals surface area contributed by atoms with Crippen molar-refractivity contribution in [2.75, 3.05) is 0 Å². The summed E-state index contributed by atoms with van der Waals surface area (Å²) >= 11 is 0. The van der Waals surface area contributed by atoms with Gasteiger partial charge in [-0.15, -0.1) is 0 Å². The zero-order chi connectivity index (χ0) is 23.7. The Bertz CT molecular complexity index is 988. The van der Waals surface area contributed by atoms with Gasteiger partial charge in [-0.25, -0.2) is 9.59 Å². The summed E-state index contributed by atoms with van der Waals surface area (Å²) in [6, 6.07) is 14.3. The molecule has 1 aliphatic rings. The quantitative estimate of drug-likeness (QED) is 0.383. The molecule has 0 spiro atoms. The Hall–Kier alpha value is -2.96. The fraction of sp³-hybridized carbons (Fsp3) is 0.385. The van der Waals surface area contributed by atoms with Gasteiger partial charge in [-0.05, 0) is 70.0 Å². The molecular weight excluding hydrogens is 406 g/mol. The molecule has 0 saturated carbocycles. The Balaban J connectivity index is 1.66. The molecule has 0 radical (unpaired) electrons. The molecular formula is C26H31NO5. The Labute approximate surface area is 189 Å². The molecule has 170 valence electrons. The number of carbonyl (C=O) groups is 2. The van der Waals surface area contributed by atoms with Crippen LogP contribution in [0.3, 0.4) is 0 Å². The van der Waals surface area contributed by atoms with Crippen LogP contribution < -0.4 is 4.74 Å². The number of ether oxygens (including phenoxy) is 2. The molecule has 0 atom stereocenters. The van der Waals surface area contributed by atoms with Crippen molar-refractivity contribution in [2.24, 2.45) is 0 Å². The maximum atomic E-state index is 12.7. The number of carbonyl (C=O) groups excluding carboxylic acids is 2. The average molecular weight is 438 g/mol. The van der Waals surface area contributed by atoms with E-state index in [1.54, 1.807) is 31.2 Å². The minimum Gasteiger partial charge on any atom is -0.459 e. The number of nitrogens with zero attached hydrogens (tertiary/aromatic N) is 1. The van der Waals surface area contributed by atoms with Crippen molar-refractivity contribution in [3.05, 3.63) is 66.2 Å². The van der Waals surface area contributed by atoms with Crippen LogP contribution in [0, 0.1) is 0 Å². The van der Waals surface area contributed by atoms with Crippen LogP contribution in [0.5, 0.6) is 5.75 Å². The molecule has 0 aliphatic carbocycles. The third-order valence-corrected chi connectivity index (χ3v) is 5.74. The monoisotopic (exact) mass is 437 g/mol. The Kier molecular flexibility index (Phi) is 6.58. The number of hydrogen-bond acceptors (Lipinski definition) is 6. The number of rotatable bonds is 5. The smallest absolute Gasteiger partial charge is 0.338 e. The van der Waals surface area contributed by atoms with Gasteiger partial charge in [-0.2, -0.15) is 5.06 Å². The summed E-state index contributed by atoms with van der Waals surface area (Å²) in [5, 5.41) is 11.8. The predicted molar refractivity (Wildman–Crippen MR) is 123 cm³/mol. The largest absolute Gasteiger partial charge is 0.459 e. The summed E-state index contributed by atoms with van der Waals surface area (Å²) in [4.78, 5) is 24.3. The molecule has 3 rings (SSSR count). The Morgan fingerprint density at radius 3 is 1.88 bits per heavy atom. The fourth-order valence-corrected chi connectivity index (χ4v) is 4.19. The van der Waals surface area contributed by atoms with Crippen molar-refractivity contribution in [2.45, 2.75) is 64.6 Å². The highest BCUT2D eigenvalue weighted by molar-refractivity contribution is 5.90. The number of esters is 2. The Morgan fingerprint density at radius 1 is 0.938 bits per heavy atom. The van der Waals surface area contributed by atoms with Gasteiger partial charge in [0.2, 0.25) is 0 Å². The molecule has 2 aromatic carbocycles. The summed E-state index contributed by atoms with van der Waals surface area (Å²) in [5.41, 5.74) is 1.70. The molecule has 6 heteroatoms. The fourth-order valence-electron chi connectivity index (χ4n) is 4.19. The number of hydroxylamine groups is 2. The van der Waals surface area contributed by atoms with Crippen molar-refractivity contribution in [1.82, 2.24) is 5.06 Å². The van der Waals surface area contributed by atoms with Crippen LogP contribution in [-0.4, -0.2) is 39.4 Å². The highest BCUT2D eigenvalue weighted by Crippen LogP contribution is 2.38. The maximum absolute atomic E-state index is 12.7. The van der Waals surface area contributed by atoms with Gasteiger partial charge in [-0.3, -0.25) is 0 Å². The minimum absolute atomic E-state index is 0.273. The molecule has 0 amide bonds. The van der Waals surface area contributed by atoms with Crippen LogP contribution in [0.1, 0.15) is 57.8 Å². The Morgan fingerprint density at radius 2 is 1.41 bits per heavy atom.